The molecule has 6 nitrogen and oxygen atoms in total. The average Bonchev–Trinajstić information content (AvgIpc) is 3.12. The molecule has 1 aliphatic rings. The maximum atomic E-state index is 12.2. The van der Waals surface area contributed by atoms with Crippen molar-refractivity contribution in [3.63, 3.8) is 0 Å². The Morgan fingerprint density at radius 2 is 2.03 bits per heavy atom. The van der Waals surface area contributed by atoms with Gasteiger partial charge in [0.15, 0.2) is 6.61 Å². The Kier molecular flexibility index (Phi) is 6.01. The molecule has 1 unspecified atom stereocenters. The molecule has 1 fully saturated rings. The van der Waals surface area contributed by atoms with E-state index in [-0.39, 0.29) is 19.0 Å². The number of piperidine rings is 1. The number of aliphatic hydroxyl groups excluding tert-OH is 1. The lowest BCUT2D eigenvalue weighted by Crippen LogP contribution is -2.44. The first kappa shape index (κ1) is 21.7. The molecule has 29 heavy (non-hydrogen) atoms. The number of fused-ring (bicyclic) bond motifs is 1. The molecule has 0 spiro atoms. The van der Waals surface area contributed by atoms with Crippen LogP contribution in [0.5, 0.6) is 0 Å². The van der Waals surface area contributed by atoms with Gasteiger partial charge in [-0.2, -0.15) is 18.3 Å². The summed E-state index contributed by atoms with van der Waals surface area (Å²) in [6.45, 7) is 2.82. The van der Waals surface area contributed by atoms with Crippen molar-refractivity contribution in [1.82, 2.24) is 15.1 Å². The van der Waals surface area contributed by atoms with Crippen molar-refractivity contribution in [2.24, 2.45) is 11.3 Å². The fourth-order valence-corrected chi connectivity index (χ4v) is 4.16. The minimum Gasteiger partial charge on any atom is -0.440 e. The number of nitrogens with zero attached hydrogens (tertiary/aromatic N) is 2. The van der Waals surface area contributed by atoms with Gasteiger partial charge in [-0.05, 0) is 36.3 Å². The Balaban J connectivity index is 1.68. The molecule has 1 saturated heterocycles. The first-order valence-corrected chi connectivity index (χ1v) is 9.66. The summed E-state index contributed by atoms with van der Waals surface area (Å²) in [6.07, 6.45) is -3.65. The number of aromatic nitrogens is 2. The lowest BCUT2D eigenvalue weighted by molar-refractivity contribution is -0.162. The van der Waals surface area contributed by atoms with E-state index in [1.54, 1.807) is 18.3 Å². The van der Waals surface area contributed by atoms with E-state index < -0.39 is 30.4 Å². The average molecular weight is 434 g/mol. The number of aliphatic hydroxyl groups is 1. The van der Waals surface area contributed by atoms with Crippen LogP contribution in [0.2, 0.25) is 5.02 Å². The summed E-state index contributed by atoms with van der Waals surface area (Å²) < 4.78 is 41.0. The highest BCUT2D eigenvalue weighted by Gasteiger charge is 2.41. The summed E-state index contributed by atoms with van der Waals surface area (Å²) in [5, 5.41) is 19.3. The summed E-state index contributed by atoms with van der Waals surface area (Å²) in [5.74, 6) is 0.0427. The number of amides is 1. The van der Waals surface area contributed by atoms with Crippen molar-refractivity contribution in [2.45, 2.75) is 39.0 Å². The molecule has 2 aromatic rings. The van der Waals surface area contributed by atoms with Crippen LogP contribution in [0.3, 0.4) is 0 Å². The lowest BCUT2D eigenvalue weighted by atomic mass is 9.68. The number of carbonyl (C=O) groups excluding carboxylic acids is 1. The monoisotopic (exact) mass is 433 g/mol. The molecule has 1 atom stereocenters. The highest BCUT2D eigenvalue weighted by Crippen LogP contribution is 2.46. The van der Waals surface area contributed by atoms with Gasteiger partial charge in [-0.3, -0.25) is 5.10 Å². The zero-order valence-electron chi connectivity index (χ0n) is 16.1. The smallest absolute Gasteiger partial charge is 0.422 e. The van der Waals surface area contributed by atoms with Gasteiger partial charge in [0.05, 0.1) is 17.8 Å². The number of alkyl halides is 3. The number of benzene rings is 1. The van der Waals surface area contributed by atoms with E-state index in [4.69, 9.17) is 11.6 Å². The summed E-state index contributed by atoms with van der Waals surface area (Å²) in [5.41, 5.74) is 0.787. The molecule has 0 aliphatic carbocycles. The second-order valence-corrected chi connectivity index (χ2v) is 8.42. The molecular weight excluding hydrogens is 411 g/mol. The van der Waals surface area contributed by atoms with Crippen molar-refractivity contribution in [3.05, 3.63) is 28.9 Å². The molecular formula is C19H23ClF3N3O3. The molecule has 0 bridgehead atoms. The Hall–Kier alpha value is -2.00. The molecule has 1 aliphatic heterocycles. The number of aromatic amines is 1. The molecule has 160 valence electrons. The van der Waals surface area contributed by atoms with Gasteiger partial charge < -0.3 is 14.7 Å². The third-order valence-corrected chi connectivity index (χ3v) is 5.93. The summed E-state index contributed by atoms with van der Waals surface area (Å²) in [6, 6.07) is 3.47. The topological polar surface area (TPSA) is 78.5 Å². The zero-order chi connectivity index (χ0) is 21.4. The fourth-order valence-electron chi connectivity index (χ4n) is 3.93. The summed E-state index contributed by atoms with van der Waals surface area (Å²) in [4.78, 5) is 13.1. The van der Waals surface area contributed by atoms with E-state index in [2.05, 4.69) is 14.9 Å². The molecule has 10 heteroatoms. The van der Waals surface area contributed by atoms with Gasteiger partial charge in [0.2, 0.25) is 0 Å². The van der Waals surface area contributed by atoms with Gasteiger partial charge in [0.1, 0.15) is 0 Å². The van der Waals surface area contributed by atoms with Gasteiger partial charge in [0, 0.05) is 29.1 Å². The number of nitrogens with one attached hydrogen (secondary N) is 1. The number of likely N-dealkylation sites (tertiary alicyclic amines) is 1. The fraction of sp³-hybridized carbons (Fsp3) is 0.579. The Morgan fingerprint density at radius 1 is 1.38 bits per heavy atom. The van der Waals surface area contributed by atoms with E-state index in [0.717, 1.165) is 5.39 Å². The number of hydrogen-bond acceptors (Lipinski definition) is 4. The second-order valence-electron chi connectivity index (χ2n) is 7.98. The molecule has 1 amide bonds. The largest absolute Gasteiger partial charge is 0.440 e. The van der Waals surface area contributed by atoms with Gasteiger partial charge in [0.25, 0.3) is 0 Å². The van der Waals surface area contributed by atoms with Gasteiger partial charge in [-0.25, -0.2) is 4.79 Å². The van der Waals surface area contributed by atoms with Crippen LogP contribution in [0.15, 0.2) is 18.3 Å². The standard InChI is InChI=1S/C19H23ClF3N3O3/c1-18(2,16(27)14-8-13(20)7-11-9-24-25-15(11)14)12-3-5-26(6-4-12)17(28)29-10-19(21,22)23/h7-9,12,16,27H,3-6,10H2,1-2H3,(H,24,25). The van der Waals surface area contributed by atoms with E-state index in [0.29, 0.717) is 28.9 Å². The van der Waals surface area contributed by atoms with Crippen molar-refractivity contribution < 1.29 is 27.8 Å². The molecule has 3 rings (SSSR count). The van der Waals surface area contributed by atoms with E-state index in [1.165, 1.54) is 4.90 Å². The van der Waals surface area contributed by atoms with Crippen LogP contribution < -0.4 is 0 Å². The quantitative estimate of drug-likeness (QED) is 0.733. The predicted octanol–water partition coefficient (Wildman–Crippen LogP) is 4.69. The van der Waals surface area contributed by atoms with Crippen LogP contribution in [0.25, 0.3) is 10.9 Å². The van der Waals surface area contributed by atoms with E-state index in [1.807, 2.05) is 13.8 Å². The minimum atomic E-state index is -4.55. The Bertz CT molecular complexity index is 876. The summed E-state index contributed by atoms with van der Waals surface area (Å²) >= 11 is 6.19. The van der Waals surface area contributed by atoms with Crippen LogP contribution in [0, 0.1) is 11.3 Å². The number of H-pyrrole nitrogens is 1. The first-order chi connectivity index (χ1) is 13.5. The second kappa shape index (κ2) is 8.02. The summed E-state index contributed by atoms with van der Waals surface area (Å²) in [7, 11) is 0. The highest BCUT2D eigenvalue weighted by molar-refractivity contribution is 6.31. The van der Waals surface area contributed by atoms with Crippen molar-refractivity contribution >= 4 is 28.6 Å². The highest BCUT2D eigenvalue weighted by atomic mass is 35.5. The van der Waals surface area contributed by atoms with Crippen LogP contribution in [-0.4, -0.2) is 52.2 Å². The molecule has 1 aromatic heterocycles. The first-order valence-electron chi connectivity index (χ1n) is 9.28. The molecule has 0 saturated carbocycles. The molecule has 0 radical (unpaired) electrons. The lowest BCUT2D eigenvalue weighted by Gasteiger charge is -2.43. The number of halogens is 4. The number of carbonyl (C=O) groups is 1. The van der Waals surface area contributed by atoms with Crippen molar-refractivity contribution in [3.8, 4) is 0 Å². The SMILES string of the molecule is CC(C)(C1CCN(C(=O)OCC(F)(F)F)CC1)C(O)c1cc(Cl)cc2cn[nH]c12. The van der Waals surface area contributed by atoms with Crippen LogP contribution in [0.1, 0.15) is 38.4 Å². The zero-order valence-corrected chi connectivity index (χ0v) is 16.8. The van der Waals surface area contributed by atoms with Crippen LogP contribution in [0.4, 0.5) is 18.0 Å². The molecule has 1 aromatic carbocycles. The maximum Gasteiger partial charge on any atom is 0.422 e. The van der Waals surface area contributed by atoms with Crippen molar-refractivity contribution in [2.75, 3.05) is 19.7 Å². The van der Waals surface area contributed by atoms with Crippen LogP contribution >= 0.6 is 11.6 Å². The Morgan fingerprint density at radius 3 is 2.66 bits per heavy atom. The van der Waals surface area contributed by atoms with Gasteiger partial charge >= 0.3 is 12.3 Å². The third kappa shape index (κ3) is 4.78. The van der Waals surface area contributed by atoms with Gasteiger partial charge in [-0.1, -0.05) is 25.4 Å². The molecule has 2 N–H and O–H groups in total. The van der Waals surface area contributed by atoms with Crippen molar-refractivity contribution in [1.29, 1.82) is 0 Å². The van der Waals surface area contributed by atoms with E-state index >= 15 is 0 Å². The predicted molar refractivity (Wildman–Crippen MR) is 102 cm³/mol. The van der Waals surface area contributed by atoms with Gasteiger partial charge in [-0.15, -0.1) is 0 Å². The number of hydrogen-bond donors (Lipinski definition) is 2. The Labute approximate surface area is 171 Å². The normalized spacial score (nSPS) is 17.6. The number of rotatable bonds is 4. The van der Waals surface area contributed by atoms with E-state index in [9.17, 15) is 23.1 Å². The maximum absolute atomic E-state index is 12.2. The van der Waals surface area contributed by atoms with Crippen LogP contribution in [-0.2, 0) is 4.74 Å². The number of ether oxygens (including phenoxy) is 1. The third-order valence-electron chi connectivity index (χ3n) is 5.71. The molecule has 2 heterocycles. The minimum absolute atomic E-state index is 0.0427.